The highest BCUT2D eigenvalue weighted by atomic mass is 16.5. The second-order valence-corrected chi connectivity index (χ2v) is 4.00. The standard InChI is InChI=1S/C13H17N3O4/c1-8-6-9(12(18)20-3)4-5-10(8)15-7-11(17)16-13(19)14-2/h4-6,15H,7H2,1-3H3,(H2,14,16,17,19). The van der Waals surface area contributed by atoms with Gasteiger partial charge in [-0.15, -0.1) is 0 Å². The Hall–Kier alpha value is -2.57. The number of rotatable bonds is 4. The van der Waals surface area contributed by atoms with E-state index in [0.29, 0.717) is 11.3 Å². The van der Waals surface area contributed by atoms with E-state index in [1.165, 1.54) is 14.2 Å². The van der Waals surface area contributed by atoms with Crippen LogP contribution in [-0.4, -0.2) is 38.6 Å². The van der Waals surface area contributed by atoms with Gasteiger partial charge in [0.05, 0.1) is 19.2 Å². The summed E-state index contributed by atoms with van der Waals surface area (Å²) in [6, 6.07) is 4.37. The van der Waals surface area contributed by atoms with Gasteiger partial charge >= 0.3 is 12.0 Å². The van der Waals surface area contributed by atoms with Crippen LogP contribution < -0.4 is 16.0 Å². The first-order valence-electron chi connectivity index (χ1n) is 5.92. The van der Waals surface area contributed by atoms with Crippen molar-refractivity contribution in [2.45, 2.75) is 6.92 Å². The zero-order valence-electron chi connectivity index (χ0n) is 11.6. The summed E-state index contributed by atoms with van der Waals surface area (Å²) in [5.74, 6) is -0.877. The molecule has 0 aliphatic heterocycles. The summed E-state index contributed by atoms with van der Waals surface area (Å²) in [5, 5.41) is 7.30. The lowest BCUT2D eigenvalue weighted by Crippen LogP contribution is -2.40. The maximum Gasteiger partial charge on any atom is 0.337 e. The molecule has 0 saturated carbocycles. The van der Waals surface area contributed by atoms with E-state index in [4.69, 9.17) is 0 Å². The minimum atomic E-state index is -0.561. The second kappa shape index (κ2) is 7.13. The fourth-order valence-corrected chi connectivity index (χ4v) is 1.52. The molecule has 20 heavy (non-hydrogen) atoms. The van der Waals surface area contributed by atoms with E-state index in [-0.39, 0.29) is 6.54 Å². The minimum Gasteiger partial charge on any atom is -0.465 e. The SMILES string of the molecule is CNC(=O)NC(=O)CNc1ccc(C(=O)OC)cc1C. The smallest absolute Gasteiger partial charge is 0.337 e. The van der Waals surface area contributed by atoms with Crippen molar-refractivity contribution in [1.29, 1.82) is 0 Å². The Morgan fingerprint density at radius 2 is 1.95 bits per heavy atom. The van der Waals surface area contributed by atoms with Crippen LogP contribution in [0.5, 0.6) is 0 Å². The lowest BCUT2D eigenvalue weighted by atomic mass is 10.1. The molecule has 0 saturated heterocycles. The summed E-state index contributed by atoms with van der Waals surface area (Å²) in [6.07, 6.45) is 0. The Morgan fingerprint density at radius 3 is 2.50 bits per heavy atom. The molecule has 0 unspecified atom stereocenters. The van der Waals surface area contributed by atoms with Crippen molar-refractivity contribution in [2.75, 3.05) is 26.0 Å². The third-order valence-electron chi connectivity index (χ3n) is 2.57. The molecule has 0 radical (unpaired) electrons. The fourth-order valence-electron chi connectivity index (χ4n) is 1.52. The number of hydrogen-bond donors (Lipinski definition) is 3. The number of aryl methyl sites for hydroxylation is 1. The molecule has 1 aromatic carbocycles. The van der Waals surface area contributed by atoms with Crippen molar-refractivity contribution in [2.24, 2.45) is 0 Å². The van der Waals surface area contributed by atoms with Gasteiger partial charge in [-0.25, -0.2) is 9.59 Å². The topological polar surface area (TPSA) is 96.5 Å². The highest BCUT2D eigenvalue weighted by molar-refractivity contribution is 5.96. The van der Waals surface area contributed by atoms with Crippen molar-refractivity contribution in [3.8, 4) is 0 Å². The van der Waals surface area contributed by atoms with Gasteiger partial charge in [0, 0.05) is 12.7 Å². The van der Waals surface area contributed by atoms with Crippen LogP contribution in [0.15, 0.2) is 18.2 Å². The average Bonchev–Trinajstić information content (AvgIpc) is 2.44. The lowest BCUT2D eigenvalue weighted by molar-refractivity contribution is -0.118. The van der Waals surface area contributed by atoms with Crippen molar-refractivity contribution in [3.63, 3.8) is 0 Å². The monoisotopic (exact) mass is 279 g/mol. The Balaban J connectivity index is 2.63. The molecule has 7 heteroatoms. The van der Waals surface area contributed by atoms with Crippen LogP contribution in [0.4, 0.5) is 10.5 Å². The van der Waals surface area contributed by atoms with Gasteiger partial charge in [0.25, 0.3) is 0 Å². The van der Waals surface area contributed by atoms with Crippen LogP contribution in [0, 0.1) is 6.92 Å². The van der Waals surface area contributed by atoms with Crippen LogP contribution >= 0.6 is 0 Å². The number of ether oxygens (including phenoxy) is 1. The normalized spacial score (nSPS) is 9.55. The quantitative estimate of drug-likeness (QED) is 0.703. The summed E-state index contributed by atoms with van der Waals surface area (Å²) in [4.78, 5) is 33.7. The number of methoxy groups -OCH3 is 1. The number of hydrogen-bond acceptors (Lipinski definition) is 5. The summed E-state index contributed by atoms with van der Waals surface area (Å²) in [7, 11) is 2.73. The van der Waals surface area contributed by atoms with Crippen molar-refractivity contribution in [3.05, 3.63) is 29.3 Å². The van der Waals surface area contributed by atoms with Crippen LogP contribution in [0.2, 0.25) is 0 Å². The van der Waals surface area contributed by atoms with Crippen LogP contribution in [0.25, 0.3) is 0 Å². The van der Waals surface area contributed by atoms with E-state index in [0.717, 1.165) is 5.56 Å². The number of carbonyl (C=O) groups excluding carboxylic acids is 3. The number of nitrogens with one attached hydrogen (secondary N) is 3. The van der Waals surface area contributed by atoms with E-state index in [1.807, 2.05) is 0 Å². The molecule has 1 aromatic rings. The summed E-state index contributed by atoms with van der Waals surface area (Å²) in [5.41, 5.74) is 1.93. The number of anilines is 1. The first kappa shape index (κ1) is 15.5. The molecule has 0 bridgehead atoms. The molecule has 7 nitrogen and oxygen atoms in total. The summed E-state index contributed by atoms with van der Waals surface area (Å²) < 4.78 is 4.62. The van der Waals surface area contributed by atoms with Gasteiger partial charge in [0.1, 0.15) is 0 Å². The molecule has 0 fully saturated rings. The van der Waals surface area contributed by atoms with Crippen molar-refractivity contribution >= 4 is 23.6 Å². The maximum atomic E-state index is 11.4. The first-order chi connectivity index (χ1) is 9.47. The zero-order chi connectivity index (χ0) is 15.1. The predicted octanol–water partition coefficient (Wildman–Crippen LogP) is 0.649. The van der Waals surface area contributed by atoms with E-state index < -0.39 is 17.9 Å². The maximum absolute atomic E-state index is 11.4. The highest BCUT2D eigenvalue weighted by Gasteiger charge is 2.09. The van der Waals surface area contributed by atoms with E-state index in [9.17, 15) is 14.4 Å². The Labute approximate surface area is 116 Å². The molecule has 0 aromatic heterocycles. The number of carbonyl (C=O) groups is 3. The molecule has 0 aliphatic carbocycles. The molecule has 1 rings (SSSR count). The van der Waals surface area contributed by atoms with E-state index in [2.05, 4.69) is 20.7 Å². The lowest BCUT2D eigenvalue weighted by Gasteiger charge is -2.10. The minimum absolute atomic E-state index is 0.0498. The third kappa shape index (κ3) is 4.27. The summed E-state index contributed by atoms with van der Waals surface area (Å²) >= 11 is 0. The predicted molar refractivity (Wildman–Crippen MR) is 73.6 cm³/mol. The number of amides is 3. The third-order valence-corrected chi connectivity index (χ3v) is 2.57. The van der Waals surface area contributed by atoms with Gasteiger partial charge < -0.3 is 15.4 Å². The van der Waals surface area contributed by atoms with Gasteiger partial charge in [-0.1, -0.05) is 0 Å². The molecule has 0 spiro atoms. The Morgan fingerprint density at radius 1 is 1.25 bits per heavy atom. The molecule has 108 valence electrons. The van der Waals surface area contributed by atoms with E-state index >= 15 is 0 Å². The Kier molecular flexibility index (Phi) is 5.52. The van der Waals surface area contributed by atoms with Crippen LogP contribution in [-0.2, 0) is 9.53 Å². The van der Waals surface area contributed by atoms with Crippen LogP contribution in [0.1, 0.15) is 15.9 Å². The first-order valence-corrected chi connectivity index (χ1v) is 5.92. The van der Waals surface area contributed by atoms with Crippen molar-refractivity contribution in [1.82, 2.24) is 10.6 Å². The molecule has 0 heterocycles. The summed E-state index contributed by atoms with van der Waals surface area (Å²) in [6.45, 7) is 1.75. The van der Waals surface area contributed by atoms with Gasteiger partial charge in [-0.3, -0.25) is 10.1 Å². The highest BCUT2D eigenvalue weighted by Crippen LogP contribution is 2.16. The van der Waals surface area contributed by atoms with E-state index in [1.54, 1.807) is 25.1 Å². The molecular weight excluding hydrogens is 262 g/mol. The molecule has 3 amide bonds. The fraction of sp³-hybridized carbons (Fsp3) is 0.308. The molecule has 3 N–H and O–H groups in total. The second-order valence-electron chi connectivity index (χ2n) is 4.00. The van der Waals surface area contributed by atoms with Crippen molar-refractivity contribution < 1.29 is 19.1 Å². The van der Waals surface area contributed by atoms with Crippen LogP contribution in [0.3, 0.4) is 0 Å². The number of urea groups is 1. The number of imide groups is 1. The number of esters is 1. The van der Waals surface area contributed by atoms with Gasteiger partial charge in [0.15, 0.2) is 0 Å². The average molecular weight is 279 g/mol. The largest absolute Gasteiger partial charge is 0.465 e. The van der Waals surface area contributed by atoms with Gasteiger partial charge in [0.2, 0.25) is 5.91 Å². The van der Waals surface area contributed by atoms with Gasteiger partial charge in [-0.05, 0) is 30.7 Å². The molecule has 0 aliphatic rings. The zero-order valence-corrected chi connectivity index (χ0v) is 11.6. The molecule has 0 atom stereocenters. The molecular formula is C13H17N3O4. The Bertz CT molecular complexity index is 528. The van der Waals surface area contributed by atoms with Gasteiger partial charge in [-0.2, -0.15) is 0 Å². The number of benzene rings is 1.